The first-order chi connectivity index (χ1) is 10.0. The number of aromatic nitrogens is 1. The summed E-state index contributed by atoms with van der Waals surface area (Å²) in [5, 5.41) is 3.43. The second-order valence-electron chi connectivity index (χ2n) is 5.91. The van der Waals surface area contributed by atoms with E-state index in [0.717, 1.165) is 36.3 Å². The quantitative estimate of drug-likeness (QED) is 0.894. The number of H-pyrrole nitrogens is 1. The van der Waals surface area contributed by atoms with Crippen LogP contribution in [0.15, 0.2) is 18.2 Å². The summed E-state index contributed by atoms with van der Waals surface area (Å²) in [5.41, 5.74) is 2.57. The summed E-state index contributed by atoms with van der Waals surface area (Å²) in [7, 11) is 0. The molecule has 1 fully saturated rings. The van der Waals surface area contributed by atoms with Crippen LogP contribution in [0.3, 0.4) is 0 Å². The van der Waals surface area contributed by atoms with Crippen molar-refractivity contribution in [2.75, 3.05) is 13.1 Å². The Hall–Kier alpha value is -2.04. The number of fused-ring (bicyclic) bond motifs is 1. The minimum atomic E-state index is -0.215. The Balaban J connectivity index is 1.77. The van der Waals surface area contributed by atoms with E-state index >= 15 is 0 Å². The minimum absolute atomic E-state index is 0.0525. The number of likely N-dealkylation sites (tertiary alicyclic amines) is 1. The van der Waals surface area contributed by atoms with E-state index in [-0.39, 0.29) is 17.8 Å². The van der Waals surface area contributed by atoms with Crippen molar-refractivity contribution in [1.29, 1.82) is 0 Å². The second kappa shape index (κ2) is 5.39. The molecular weight excluding hydrogens is 269 g/mol. The van der Waals surface area contributed by atoms with Crippen LogP contribution in [-0.2, 0) is 6.54 Å². The zero-order valence-electron chi connectivity index (χ0n) is 12.4. The number of carbonyl (C=O) groups excluding carboxylic acids is 1. The van der Waals surface area contributed by atoms with Crippen molar-refractivity contribution in [3.63, 3.8) is 0 Å². The molecule has 4 nitrogen and oxygen atoms in total. The molecule has 0 unspecified atom stereocenters. The fraction of sp³-hybridized carbons (Fsp3) is 0.438. The number of amides is 2. The van der Waals surface area contributed by atoms with Gasteiger partial charge in [0.2, 0.25) is 0 Å². The molecule has 21 heavy (non-hydrogen) atoms. The number of halogens is 1. The van der Waals surface area contributed by atoms with Crippen LogP contribution in [0.1, 0.15) is 37.4 Å². The number of hydrogen-bond acceptors (Lipinski definition) is 1. The maximum absolute atomic E-state index is 14.1. The third kappa shape index (κ3) is 2.73. The number of aromatic amines is 1. The third-order valence-electron chi connectivity index (χ3n) is 4.01. The molecule has 1 aliphatic heterocycles. The topological polar surface area (TPSA) is 48.1 Å². The first-order valence-corrected chi connectivity index (χ1v) is 7.38. The van der Waals surface area contributed by atoms with E-state index in [9.17, 15) is 9.18 Å². The van der Waals surface area contributed by atoms with Crippen molar-refractivity contribution in [2.24, 2.45) is 0 Å². The zero-order valence-corrected chi connectivity index (χ0v) is 12.4. The van der Waals surface area contributed by atoms with Crippen LogP contribution in [0.25, 0.3) is 10.9 Å². The van der Waals surface area contributed by atoms with Crippen LogP contribution in [0.4, 0.5) is 9.18 Å². The molecule has 2 N–H and O–H groups in total. The zero-order chi connectivity index (χ0) is 15.0. The lowest BCUT2D eigenvalue weighted by Gasteiger charge is -2.30. The standard InChI is InChI=1S/C16H20FN3O/c1-10(2)11-6-14(17)13-8-12(19-15(13)7-11)9-18-16(21)20-4-3-5-20/h6-8,10,19H,3-5,9H2,1-2H3,(H,18,21). The number of carbonyl (C=O) groups is 1. The molecule has 112 valence electrons. The highest BCUT2D eigenvalue weighted by Crippen LogP contribution is 2.25. The molecule has 0 aliphatic carbocycles. The Morgan fingerprint density at radius 1 is 1.38 bits per heavy atom. The highest BCUT2D eigenvalue weighted by Gasteiger charge is 2.19. The fourth-order valence-corrected chi connectivity index (χ4v) is 2.50. The van der Waals surface area contributed by atoms with Gasteiger partial charge in [-0.2, -0.15) is 0 Å². The number of nitrogens with zero attached hydrogens (tertiary/aromatic N) is 1. The van der Waals surface area contributed by atoms with E-state index in [1.165, 1.54) is 0 Å². The molecule has 0 atom stereocenters. The van der Waals surface area contributed by atoms with Gasteiger partial charge in [0.1, 0.15) is 5.82 Å². The number of hydrogen-bond donors (Lipinski definition) is 2. The molecule has 0 spiro atoms. The van der Waals surface area contributed by atoms with Gasteiger partial charge in [0.15, 0.2) is 0 Å². The molecule has 0 saturated carbocycles. The van der Waals surface area contributed by atoms with Gasteiger partial charge < -0.3 is 15.2 Å². The number of urea groups is 1. The van der Waals surface area contributed by atoms with Gasteiger partial charge in [0.05, 0.1) is 6.54 Å². The molecule has 3 rings (SSSR count). The summed E-state index contributed by atoms with van der Waals surface area (Å²) in [6.45, 7) is 6.12. The molecule has 0 radical (unpaired) electrons. The largest absolute Gasteiger partial charge is 0.357 e. The Morgan fingerprint density at radius 2 is 2.14 bits per heavy atom. The van der Waals surface area contributed by atoms with Gasteiger partial charge >= 0.3 is 6.03 Å². The molecule has 1 aromatic heterocycles. The molecule has 2 heterocycles. The van der Waals surface area contributed by atoms with E-state index in [4.69, 9.17) is 0 Å². The van der Waals surface area contributed by atoms with Gasteiger partial charge in [-0.25, -0.2) is 9.18 Å². The minimum Gasteiger partial charge on any atom is -0.357 e. The monoisotopic (exact) mass is 289 g/mol. The van der Waals surface area contributed by atoms with Gasteiger partial charge in [-0.1, -0.05) is 13.8 Å². The first-order valence-electron chi connectivity index (χ1n) is 7.38. The van der Waals surface area contributed by atoms with Crippen LogP contribution >= 0.6 is 0 Å². The molecule has 5 heteroatoms. The van der Waals surface area contributed by atoms with Gasteiger partial charge in [0, 0.05) is 29.7 Å². The predicted molar refractivity (Wildman–Crippen MR) is 80.8 cm³/mol. The molecular formula is C16H20FN3O. The second-order valence-corrected chi connectivity index (χ2v) is 5.91. The number of benzene rings is 1. The van der Waals surface area contributed by atoms with E-state index in [1.54, 1.807) is 17.0 Å². The van der Waals surface area contributed by atoms with Gasteiger partial charge in [0.25, 0.3) is 0 Å². The molecule has 1 aromatic carbocycles. The maximum atomic E-state index is 14.1. The Labute approximate surface area is 123 Å². The smallest absolute Gasteiger partial charge is 0.317 e. The first kappa shape index (κ1) is 13.9. The summed E-state index contributed by atoms with van der Waals surface area (Å²) in [6.07, 6.45) is 1.07. The predicted octanol–water partition coefficient (Wildman–Crippen LogP) is 3.35. The normalized spacial score (nSPS) is 14.6. The summed E-state index contributed by atoms with van der Waals surface area (Å²) in [4.78, 5) is 16.7. The van der Waals surface area contributed by atoms with Crippen LogP contribution < -0.4 is 5.32 Å². The summed E-state index contributed by atoms with van der Waals surface area (Å²) >= 11 is 0. The molecule has 1 saturated heterocycles. The van der Waals surface area contributed by atoms with Crippen molar-refractivity contribution in [3.05, 3.63) is 35.3 Å². The van der Waals surface area contributed by atoms with Crippen LogP contribution in [0.5, 0.6) is 0 Å². The van der Waals surface area contributed by atoms with Gasteiger partial charge in [-0.15, -0.1) is 0 Å². The number of nitrogens with one attached hydrogen (secondary N) is 2. The summed E-state index contributed by atoms with van der Waals surface area (Å²) < 4.78 is 14.1. The molecule has 2 amide bonds. The van der Waals surface area contributed by atoms with Gasteiger partial charge in [-0.05, 0) is 36.1 Å². The van der Waals surface area contributed by atoms with Gasteiger partial charge in [-0.3, -0.25) is 0 Å². The van der Waals surface area contributed by atoms with E-state index < -0.39 is 0 Å². The Bertz CT molecular complexity index is 673. The fourth-order valence-electron chi connectivity index (χ4n) is 2.50. The Morgan fingerprint density at radius 3 is 2.76 bits per heavy atom. The van der Waals surface area contributed by atoms with Crippen molar-refractivity contribution in [2.45, 2.75) is 32.7 Å². The average molecular weight is 289 g/mol. The van der Waals surface area contributed by atoms with E-state index in [1.807, 2.05) is 19.9 Å². The molecule has 2 aromatic rings. The lowest BCUT2D eigenvalue weighted by molar-refractivity contribution is 0.167. The van der Waals surface area contributed by atoms with Crippen molar-refractivity contribution in [1.82, 2.24) is 15.2 Å². The van der Waals surface area contributed by atoms with Crippen molar-refractivity contribution < 1.29 is 9.18 Å². The lowest BCUT2D eigenvalue weighted by atomic mass is 10.0. The highest BCUT2D eigenvalue weighted by molar-refractivity contribution is 5.82. The lowest BCUT2D eigenvalue weighted by Crippen LogP contribution is -2.47. The number of rotatable bonds is 3. The Kier molecular flexibility index (Phi) is 3.57. The summed E-state index contributed by atoms with van der Waals surface area (Å²) in [6, 6.07) is 5.28. The maximum Gasteiger partial charge on any atom is 0.317 e. The van der Waals surface area contributed by atoms with Crippen molar-refractivity contribution >= 4 is 16.9 Å². The molecule has 0 bridgehead atoms. The van der Waals surface area contributed by atoms with Crippen LogP contribution in [0.2, 0.25) is 0 Å². The van der Waals surface area contributed by atoms with Crippen LogP contribution in [-0.4, -0.2) is 29.0 Å². The third-order valence-corrected chi connectivity index (χ3v) is 4.01. The van der Waals surface area contributed by atoms with E-state index in [2.05, 4.69) is 10.3 Å². The average Bonchev–Trinajstić information content (AvgIpc) is 2.77. The van der Waals surface area contributed by atoms with E-state index in [0.29, 0.717) is 11.9 Å². The highest BCUT2D eigenvalue weighted by atomic mass is 19.1. The SMILES string of the molecule is CC(C)c1cc(F)c2cc(CNC(=O)N3CCC3)[nH]c2c1. The van der Waals surface area contributed by atoms with Crippen LogP contribution in [0, 0.1) is 5.82 Å². The molecule has 1 aliphatic rings. The van der Waals surface area contributed by atoms with Crippen molar-refractivity contribution in [3.8, 4) is 0 Å². The summed E-state index contributed by atoms with van der Waals surface area (Å²) in [5.74, 6) is 0.0644.